The van der Waals surface area contributed by atoms with Gasteiger partial charge in [-0.1, -0.05) is 141 Å². The summed E-state index contributed by atoms with van der Waals surface area (Å²) in [5.74, 6) is 0.715. The minimum Gasteiger partial charge on any atom is -0.464 e. The number of likely N-dealkylation sites (tertiary alicyclic amines) is 1. The van der Waals surface area contributed by atoms with Crippen molar-refractivity contribution < 1.29 is 23.9 Å². The first kappa shape index (κ1) is 51.3. The van der Waals surface area contributed by atoms with Crippen molar-refractivity contribution in [1.29, 1.82) is 0 Å². The number of hydrogen-bond donors (Lipinski definition) is 0. The lowest BCUT2D eigenvalue weighted by Gasteiger charge is -2.35. The highest BCUT2D eigenvalue weighted by Gasteiger charge is 2.25. The number of allylic oxidation sites excluding steroid dienone is 8. The number of carbonyl (C=O) groups excluding carboxylic acids is 3. The van der Waals surface area contributed by atoms with Crippen LogP contribution in [-0.2, 0) is 23.9 Å². The Hall–Kier alpha value is -2.67. The molecule has 0 bridgehead atoms. The van der Waals surface area contributed by atoms with Gasteiger partial charge >= 0.3 is 11.9 Å². The van der Waals surface area contributed by atoms with Crippen LogP contribution >= 0.6 is 0 Å². The van der Waals surface area contributed by atoms with Crippen molar-refractivity contribution in [3.05, 3.63) is 48.6 Å². The summed E-state index contributed by atoms with van der Waals surface area (Å²) in [6.07, 6.45) is 45.4. The van der Waals surface area contributed by atoms with Crippen molar-refractivity contribution in [3.8, 4) is 0 Å². The zero-order chi connectivity index (χ0) is 40.7. The van der Waals surface area contributed by atoms with Crippen LogP contribution in [0.1, 0.15) is 188 Å². The molecule has 0 spiro atoms. The van der Waals surface area contributed by atoms with E-state index in [-0.39, 0.29) is 31.1 Å². The molecule has 0 N–H and O–H groups in total. The van der Waals surface area contributed by atoms with E-state index in [9.17, 15) is 14.4 Å². The van der Waals surface area contributed by atoms with Gasteiger partial charge in [0.1, 0.15) is 13.2 Å². The summed E-state index contributed by atoms with van der Waals surface area (Å²) >= 11 is 0. The van der Waals surface area contributed by atoms with Gasteiger partial charge in [0.15, 0.2) is 0 Å². The number of amides is 1. The van der Waals surface area contributed by atoms with Gasteiger partial charge in [0.2, 0.25) is 5.91 Å². The molecule has 1 amide bonds. The van der Waals surface area contributed by atoms with Crippen LogP contribution in [0.3, 0.4) is 0 Å². The molecule has 56 heavy (non-hydrogen) atoms. The molecule has 0 saturated carbocycles. The molecule has 1 saturated heterocycles. The van der Waals surface area contributed by atoms with Gasteiger partial charge in [-0.05, 0) is 95.3 Å². The van der Waals surface area contributed by atoms with Crippen molar-refractivity contribution in [2.24, 2.45) is 11.8 Å². The maximum absolute atomic E-state index is 13.4. The fraction of sp³-hybridized carbons (Fsp3) is 0.776. The van der Waals surface area contributed by atoms with E-state index in [1.165, 1.54) is 83.5 Å². The lowest BCUT2D eigenvalue weighted by atomic mass is 9.92. The molecule has 2 unspecified atom stereocenters. The number of hydrogen-bond acceptors (Lipinski definition) is 6. The summed E-state index contributed by atoms with van der Waals surface area (Å²) in [5.41, 5.74) is 0. The average molecular weight is 783 g/mol. The molecule has 0 aromatic heterocycles. The molecule has 0 aromatic rings. The molecule has 2 atom stereocenters. The van der Waals surface area contributed by atoms with Crippen LogP contribution in [0, 0.1) is 11.8 Å². The minimum atomic E-state index is -0.203. The monoisotopic (exact) mass is 783 g/mol. The fourth-order valence-electron chi connectivity index (χ4n) is 7.42. The fourth-order valence-corrected chi connectivity index (χ4v) is 7.42. The number of esters is 2. The van der Waals surface area contributed by atoms with Crippen molar-refractivity contribution in [2.45, 2.75) is 188 Å². The van der Waals surface area contributed by atoms with Crippen molar-refractivity contribution >= 4 is 17.8 Å². The van der Waals surface area contributed by atoms with Crippen LogP contribution in [0.5, 0.6) is 0 Å². The molecule has 322 valence electrons. The zero-order valence-electron chi connectivity index (χ0n) is 36.8. The van der Waals surface area contributed by atoms with Gasteiger partial charge in [0, 0.05) is 25.9 Å². The van der Waals surface area contributed by atoms with Gasteiger partial charge in [-0.15, -0.1) is 0 Å². The average Bonchev–Trinajstić information content (AvgIpc) is 3.16. The number of piperidine rings is 1. The minimum absolute atomic E-state index is 0.000773. The first-order chi connectivity index (χ1) is 27.3. The Bertz CT molecular complexity index is 1010. The van der Waals surface area contributed by atoms with Crippen molar-refractivity contribution in [2.75, 3.05) is 45.9 Å². The maximum atomic E-state index is 13.4. The highest BCUT2D eigenvalue weighted by molar-refractivity contribution is 5.78. The molecule has 1 fully saturated rings. The molecule has 7 heteroatoms. The number of carbonyl (C=O) groups is 3. The molecular weight excluding hydrogens is 697 g/mol. The third kappa shape index (κ3) is 32.4. The molecule has 0 aliphatic carbocycles. The van der Waals surface area contributed by atoms with Gasteiger partial charge in [-0.2, -0.15) is 0 Å². The van der Waals surface area contributed by atoms with E-state index in [0.717, 1.165) is 77.3 Å². The summed E-state index contributed by atoms with van der Waals surface area (Å²) < 4.78 is 11.1. The number of rotatable bonds is 36. The van der Waals surface area contributed by atoms with Gasteiger partial charge in [0.05, 0.1) is 19.6 Å². The first-order valence-corrected chi connectivity index (χ1v) is 23.3. The van der Waals surface area contributed by atoms with Crippen molar-refractivity contribution in [3.63, 3.8) is 0 Å². The molecule has 0 aromatic carbocycles. The van der Waals surface area contributed by atoms with E-state index in [1.54, 1.807) is 4.90 Å². The molecule has 1 aliphatic heterocycles. The highest BCUT2D eigenvalue weighted by Crippen LogP contribution is 2.21. The van der Waals surface area contributed by atoms with E-state index < -0.39 is 0 Å². The van der Waals surface area contributed by atoms with E-state index in [4.69, 9.17) is 9.47 Å². The molecule has 1 aliphatic rings. The lowest BCUT2D eigenvalue weighted by molar-refractivity contribution is -0.148. The van der Waals surface area contributed by atoms with E-state index >= 15 is 0 Å². The lowest BCUT2D eigenvalue weighted by Crippen LogP contribution is -2.47. The largest absolute Gasteiger partial charge is 0.464 e. The first-order valence-electron chi connectivity index (χ1n) is 23.3. The van der Waals surface area contributed by atoms with Gasteiger partial charge < -0.3 is 14.4 Å². The molecule has 0 radical (unpaired) electrons. The van der Waals surface area contributed by atoms with Crippen LogP contribution < -0.4 is 0 Å². The Labute approximate surface area is 345 Å². The van der Waals surface area contributed by atoms with E-state index in [1.807, 2.05) is 0 Å². The number of ether oxygens (including phenoxy) is 2. The molecular formula is C49H86N2O5. The summed E-state index contributed by atoms with van der Waals surface area (Å²) in [7, 11) is 0. The van der Waals surface area contributed by atoms with Crippen LogP contribution in [0.25, 0.3) is 0 Å². The molecule has 7 nitrogen and oxygen atoms in total. The summed E-state index contributed by atoms with van der Waals surface area (Å²) in [5, 5.41) is 0. The second-order valence-corrected chi connectivity index (χ2v) is 16.4. The van der Waals surface area contributed by atoms with Gasteiger partial charge in [-0.25, -0.2) is 0 Å². The van der Waals surface area contributed by atoms with Gasteiger partial charge in [-0.3, -0.25) is 19.3 Å². The summed E-state index contributed by atoms with van der Waals surface area (Å²) in [6, 6.07) is 0. The van der Waals surface area contributed by atoms with E-state index in [2.05, 4.69) is 81.2 Å². The second kappa shape index (κ2) is 37.9. The Morgan fingerprint density at radius 3 is 1.32 bits per heavy atom. The normalized spacial score (nSPS) is 16.5. The second-order valence-electron chi connectivity index (χ2n) is 16.4. The Morgan fingerprint density at radius 2 is 0.911 bits per heavy atom. The van der Waals surface area contributed by atoms with Crippen LogP contribution in [0.4, 0.5) is 0 Å². The Balaban J connectivity index is 2.27. The summed E-state index contributed by atoms with van der Waals surface area (Å²) in [6.45, 7) is 12.1. The predicted molar refractivity (Wildman–Crippen MR) is 237 cm³/mol. The predicted octanol–water partition coefficient (Wildman–Crippen LogP) is 12.5. The van der Waals surface area contributed by atoms with Crippen LogP contribution in [0.15, 0.2) is 48.6 Å². The van der Waals surface area contributed by atoms with Crippen LogP contribution in [0.2, 0.25) is 0 Å². The summed E-state index contributed by atoms with van der Waals surface area (Å²) in [4.78, 5) is 42.3. The Kier molecular flexibility index (Phi) is 34.7. The standard InChI is InChI=1S/C49H86N2O5/c1-5-7-9-11-13-15-17-19-21-23-25-27-29-31-33-35-48(53)55-39-37-51(47(52)44-50-42-45(3)41-46(4)43-50)38-40-56-49(54)36-34-32-30-28-26-24-22-20-18-16-14-12-10-8-6-2/h13-16,19-22,45-46H,5-12,17-18,23-44H2,1-4H3/b15-13-,16-14-,21-19-,22-20-. The Morgan fingerprint density at radius 1 is 0.536 bits per heavy atom. The maximum Gasteiger partial charge on any atom is 0.305 e. The molecule has 1 rings (SSSR count). The quantitative estimate of drug-likeness (QED) is 0.0358. The SMILES string of the molecule is CCCCC/C=C\C/C=C\CCCCCCCC(=O)OCCN(CCOC(=O)CCCCCCC/C=C\C/C=C\CCCCC)C(=O)CN1CC(C)CC(C)C1. The van der Waals surface area contributed by atoms with Gasteiger partial charge in [0.25, 0.3) is 0 Å². The highest BCUT2D eigenvalue weighted by atomic mass is 16.5. The third-order valence-corrected chi connectivity index (χ3v) is 10.6. The zero-order valence-corrected chi connectivity index (χ0v) is 36.8. The van der Waals surface area contributed by atoms with Crippen LogP contribution in [-0.4, -0.2) is 73.6 Å². The molecule has 1 heterocycles. The smallest absolute Gasteiger partial charge is 0.305 e. The topological polar surface area (TPSA) is 76.1 Å². The number of unbranched alkanes of at least 4 members (excludes halogenated alkanes) is 16. The third-order valence-electron chi connectivity index (χ3n) is 10.6. The van der Waals surface area contributed by atoms with E-state index in [0.29, 0.717) is 44.3 Å². The van der Waals surface area contributed by atoms with Crippen molar-refractivity contribution in [1.82, 2.24) is 9.80 Å². The number of nitrogens with zero attached hydrogens (tertiary/aromatic N) is 2.